The molecule has 10 nitrogen and oxygen atoms in total. The van der Waals surface area contributed by atoms with Crippen molar-refractivity contribution >= 4 is 23.5 Å². The first-order valence-corrected chi connectivity index (χ1v) is 14.0. The van der Waals surface area contributed by atoms with E-state index in [1.54, 1.807) is 33.1 Å². The van der Waals surface area contributed by atoms with Gasteiger partial charge in [0.25, 0.3) is 0 Å². The van der Waals surface area contributed by atoms with Gasteiger partial charge in [0.05, 0.1) is 25.9 Å². The highest BCUT2D eigenvalue weighted by Crippen LogP contribution is 2.33. The van der Waals surface area contributed by atoms with Gasteiger partial charge >= 0.3 is 0 Å². The van der Waals surface area contributed by atoms with Gasteiger partial charge in [-0.25, -0.2) is 0 Å². The molecule has 1 aliphatic heterocycles. The number of amides is 3. The van der Waals surface area contributed by atoms with Crippen molar-refractivity contribution in [3.8, 4) is 5.75 Å². The van der Waals surface area contributed by atoms with E-state index in [-0.39, 0.29) is 24.0 Å². The lowest BCUT2D eigenvalue weighted by atomic mass is 9.82. The molecule has 4 N–H and O–H groups in total. The number of ketones is 1. The highest BCUT2D eigenvalue weighted by molar-refractivity contribution is 5.98. The quantitative estimate of drug-likeness (QED) is 0.275. The van der Waals surface area contributed by atoms with Gasteiger partial charge in [0.1, 0.15) is 23.4 Å². The Morgan fingerprint density at radius 2 is 1.64 bits per heavy atom. The number of carbonyl (C=O) groups excluding carboxylic acids is 4. The molecule has 10 heteroatoms. The highest BCUT2D eigenvalue weighted by Gasteiger charge is 2.50. The fourth-order valence-corrected chi connectivity index (χ4v) is 5.40. The molecule has 1 aromatic rings. The molecule has 4 rings (SSSR count). The van der Waals surface area contributed by atoms with Crippen molar-refractivity contribution in [3.63, 3.8) is 0 Å². The van der Waals surface area contributed by atoms with Crippen LogP contribution in [0.15, 0.2) is 24.3 Å². The molecule has 214 valence electrons. The van der Waals surface area contributed by atoms with Gasteiger partial charge in [0.2, 0.25) is 17.7 Å². The number of Topliss-reactive ketones (excluding diaryl/α,β-unsaturated/α-hetero) is 1. The Bertz CT molecular complexity index is 1040. The summed E-state index contributed by atoms with van der Waals surface area (Å²) in [5, 5.41) is 17.9. The van der Waals surface area contributed by atoms with Gasteiger partial charge in [0, 0.05) is 12.3 Å². The summed E-state index contributed by atoms with van der Waals surface area (Å²) in [6.45, 7) is 3.64. The summed E-state index contributed by atoms with van der Waals surface area (Å²) in [5.41, 5.74) is -0.0772. The number of ether oxygens (including phenoxy) is 2. The van der Waals surface area contributed by atoms with Crippen LogP contribution >= 0.6 is 0 Å². The lowest BCUT2D eigenvalue weighted by molar-refractivity contribution is -0.136. The van der Waals surface area contributed by atoms with Gasteiger partial charge in [-0.15, -0.1) is 0 Å². The molecule has 4 atom stereocenters. The van der Waals surface area contributed by atoms with E-state index in [0.717, 1.165) is 31.2 Å². The summed E-state index contributed by atoms with van der Waals surface area (Å²) in [4.78, 5) is 52.4. The zero-order valence-corrected chi connectivity index (χ0v) is 23.0. The van der Waals surface area contributed by atoms with Crippen molar-refractivity contribution in [3.05, 3.63) is 29.8 Å². The number of aliphatic hydroxyl groups is 1. The van der Waals surface area contributed by atoms with E-state index in [0.29, 0.717) is 37.5 Å². The van der Waals surface area contributed by atoms with E-state index in [4.69, 9.17) is 9.47 Å². The molecule has 0 aromatic heterocycles. The van der Waals surface area contributed by atoms with Crippen molar-refractivity contribution in [1.29, 1.82) is 0 Å². The fraction of sp³-hybridized carbons (Fsp3) is 0.655. The maximum absolute atomic E-state index is 13.6. The number of rotatable bonds is 13. The van der Waals surface area contributed by atoms with Crippen LogP contribution in [0.2, 0.25) is 0 Å². The normalized spacial score (nSPS) is 26.5. The molecule has 1 saturated heterocycles. The van der Waals surface area contributed by atoms with Crippen molar-refractivity contribution in [1.82, 2.24) is 16.0 Å². The second kappa shape index (κ2) is 12.5. The average Bonchev–Trinajstić information content (AvgIpc) is 3.44. The van der Waals surface area contributed by atoms with Crippen LogP contribution in [0.3, 0.4) is 0 Å². The number of hydrogen-bond acceptors (Lipinski definition) is 7. The van der Waals surface area contributed by atoms with Crippen molar-refractivity contribution in [2.75, 3.05) is 13.7 Å². The lowest BCUT2D eigenvalue weighted by Crippen LogP contribution is -2.57. The maximum Gasteiger partial charge on any atom is 0.243 e. The minimum Gasteiger partial charge on any atom is -0.497 e. The zero-order chi connectivity index (χ0) is 28.2. The molecule has 3 aliphatic rings. The third-order valence-corrected chi connectivity index (χ3v) is 8.24. The van der Waals surface area contributed by atoms with Gasteiger partial charge in [-0.05, 0) is 56.7 Å². The van der Waals surface area contributed by atoms with E-state index in [1.165, 1.54) is 0 Å². The zero-order valence-electron chi connectivity index (χ0n) is 23.0. The van der Waals surface area contributed by atoms with E-state index >= 15 is 0 Å². The lowest BCUT2D eigenvalue weighted by Gasteiger charge is -2.31. The second-order valence-corrected chi connectivity index (χ2v) is 11.5. The van der Waals surface area contributed by atoms with Crippen LogP contribution in [0.4, 0.5) is 0 Å². The largest absolute Gasteiger partial charge is 0.497 e. The molecule has 2 aliphatic carbocycles. The smallest absolute Gasteiger partial charge is 0.243 e. The Labute approximate surface area is 229 Å². The predicted octanol–water partition coefficient (Wildman–Crippen LogP) is 1.42. The summed E-state index contributed by atoms with van der Waals surface area (Å²) in [6, 6.07) is 4.64. The number of methoxy groups -OCH3 is 1. The molecule has 3 fully saturated rings. The first kappa shape index (κ1) is 29.0. The van der Waals surface area contributed by atoms with E-state index in [2.05, 4.69) is 16.0 Å². The SMILES string of the molecule is COc1ccc(C[C@H](NC(=O)[C@@H](C)NC(=O)C2CC(O)C2)C(=O)N[C@@H](CC2CCCC2)C(=O)[C@@]2(C)CO2)cc1. The van der Waals surface area contributed by atoms with Crippen LogP contribution in [0, 0.1) is 11.8 Å². The standard InChI is InChI=1S/C29H41N3O7/c1-17(30-27(36)20-14-21(33)15-20)26(35)32-24(13-19-8-10-22(38-3)11-9-19)28(37)31-23(12-18-6-4-5-7-18)25(34)29(2)16-39-29/h8-11,17-18,20-21,23-24,33H,4-7,12-16H2,1-3H3,(H,30,36)(H,31,37)(H,32,35)/t17-,20?,21?,23+,24+,29-/m1/s1. The van der Waals surface area contributed by atoms with Crippen LogP contribution in [0.5, 0.6) is 5.75 Å². The van der Waals surface area contributed by atoms with E-state index < -0.39 is 41.6 Å². The van der Waals surface area contributed by atoms with Crippen molar-refractivity contribution < 1.29 is 33.8 Å². The minimum atomic E-state index is -0.970. The summed E-state index contributed by atoms with van der Waals surface area (Å²) >= 11 is 0. The third kappa shape index (κ3) is 7.57. The van der Waals surface area contributed by atoms with Gasteiger partial charge in [-0.1, -0.05) is 37.8 Å². The second-order valence-electron chi connectivity index (χ2n) is 11.5. The number of epoxide rings is 1. The first-order valence-electron chi connectivity index (χ1n) is 14.0. The third-order valence-electron chi connectivity index (χ3n) is 8.24. The van der Waals surface area contributed by atoms with Crippen LogP contribution in [0.1, 0.15) is 64.4 Å². The van der Waals surface area contributed by atoms with Crippen LogP contribution in [0.25, 0.3) is 0 Å². The molecule has 1 heterocycles. The summed E-state index contributed by atoms with van der Waals surface area (Å²) in [7, 11) is 1.57. The molecular formula is C29H41N3O7. The topological polar surface area (TPSA) is 146 Å². The number of carbonyl (C=O) groups is 4. The van der Waals surface area contributed by atoms with E-state index in [9.17, 15) is 24.3 Å². The van der Waals surface area contributed by atoms with Gasteiger partial charge in [-0.2, -0.15) is 0 Å². The Morgan fingerprint density at radius 1 is 1.03 bits per heavy atom. The monoisotopic (exact) mass is 543 g/mol. The Kier molecular flexibility index (Phi) is 9.27. The number of nitrogens with one attached hydrogen (secondary N) is 3. The molecule has 0 bridgehead atoms. The fourth-order valence-electron chi connectivity index (χ4n) is 5.40. The highest BCUT2D eigenvalue weighted by atomic mass is 16.6. The Balaban J connectivity index is 1.46. The Hall–Kier alpha value is -2.98. The van der Waals surface area contributed by atoms with Gasteiger partial charge < -0.3 is 30.5 Å². The molecule has 0 unspecified atom stereocenters. The van der Waals surface area contributed by atoms with Crippen molar-refractivity contribution in [2.45, 2.75) is 95.0 Å². The molecule has 0 radical (unpaired) electrons. The van der Waals surface area contributed by atoms with Crippen LogP contribution in [-0.2, 0) is 30.3 Å². The first-order chi connectivity index (χ1) is 18.6. The number of hydrogen-bond donors (Lipinski definition) is 4. The molecule has 1 aromatic carbocycles. The Morgan fingerprint density at radius 3 is 2.21 bits per heavy atom. The van der Waals surface area contributed by atoms with Crippen molar-refractivity contribution in [2.24, 2.45) is 11.8 Å². The predicted molar refractivity (Wildman–Crippen MR) is 143 cm³/mol. The average molecular weight is 544 g/mol. The number of aliphatic hydroxyl groups excluding tert-OH is 1. The number of benzene rings is 1. The van der Waals surface area contributed by atoms with Crippen LogP contribution < -0.4 is 20.7 Å². The van der Waals surface area contributed by atoms with Gasteiger partial charge in [0.15, 0.2) is 5.78 Å². The summed E-state index contributed by atoms with van der Waals surface area (Å²) in [6.07, 6.45) is 5.30. The molecule has 2 saturated carbocycles. The molecular weight excluding hydrogens is 502 g/mol. The summed E-state index contributed by atoms with van der Waals surface area (Å²) < 4.78 is 10.6. The van der Waals surface area contributed by atoms with Gasteiger partial charge in [-0.3, -0.25) is 19.2 Å². The minimum absolute atomic E-state index is 0.138. The maximum atomic E-state index is 13.6. The molecule has 39 heavy (non-hydrogen) atoms. The summed E-state index contributed by atoms with van der Waals surface area (Å²) in [5.74, 6) is -0.687. The van der Waals surface area contributed by atoms with Crippen LogP contribution in [-0.4, -0.2) is 72.2 Å². The molecule has 0 spiro atoms. The molecule has 3 amide bonds. The van der Waals surface area contributed by atoms with E-state index in [1.807, 2.05) is 12.1 Å².